The quantitative estimate of drug-likeness (QED) is 0.122. The first-order valence-corrected chi connectivity index (χ1v) is 23.3. The second-order valence-corrected chi connectivity index (χ2v) is 24.4. The molecule has 0 amide bonds. The largest absolute Gasteiger partial charge is 0.870 e. The predicted octanol–water partition coefficient (Wildman–Crippen LogP) is 9.89. The second-order valence-electron chi connectivity index (χ2n) is 17.4. The van der Waals surface area contributed by atoms with Crippen LogP contribution in [0.15, 0.2) is 89.7 Å². The highest BCUT2D eigenvalue weighted by atomic mass is 31.2. The minimum Gasteiger partial charge on any atom is -0.870 e. The van der Waals surface area contributed by atoms with Crippen molar-refractivity contribution in [3.8, 4) is 45.3 Å². The molecule has 0 fully saturated rings. The van der Waals surface area contributed by atoms with Crippen molar-refractivity contribution >= 4 is 26.4 Å². The molecule has 4 aromatic carbocycles. The number of methoxy groups -OCH3 is 4. The van der Waals surface area contributed by atoms with E-state index in [0.29, 0.717) is 0 Å². The molecular weight excluding hydrogens is 819 g/mol. The Morgan fingerprint density at radius 3 is 1.08 bits per heavy atom. The molecule has 348 valence electrons. The van der Waals surface area contributed by atoms with Crippen molar-refractivity contribution in [1.29, 1.82) is 0 Å². The van der Waals surface area contributed by atoms with Gasteiger partial charge in [0.2, 0.25) is 0 Å². The van der Waals surface area contributed by atoms with Crippen LogP contribution in [0.3, 0.4) is 0 Å². The molecule has 0 aliphatic heterocycles. The summed E-state index contributed by atoms with van der Waals surface area (Å²) in [5.41, 5.74) is 6.29. The smallest absolute Gasteiger partial charge is 0.335 e. The average molecular weight is 899 g/mol. The fraction of sp³-hybridized carbons (Fsp3) is 0.489. The molecule has 0 atom stereocenters. The van der Waals surface area contributed by atoms with Gasteiger partial charge in [-0.05, 0) is 169 Å². The molecule has 0 spiro atoms. The van der Waals surface area contributed by atoms with E-state index in [-0.39, 0.29) is 24.0 Å². The van der Waals surface area contributed by atoms with Gasteiger partial charge >= 0.3 is 7.51 Å². The van der Waals surface area contributed by atoms with Crippen molar-refractivity contribution in [2.45, 2.75) is 60.0 Å². The van der Waals surface area contributed by atoms with Crippen LogP contribution in [0, 0.1) is 0 Å². The second kappa shape index (κ2) is 23.0. The highest BCUT2D eigenvalue weighted by Gasteiger charge is 2.41. The normalized spacial score (nSPS) is 11.9. The van der Waals surface area contributed by atoms with E-state index in [1.165, 1.54) is 0 Å². The summed E-state index contributed by atoms with van der Waals surface area (Å²) in [4.78, 5) is 0. The van der Waals surface area contributed by atoms with Crippen LogP contribution in [0.1, 0.15) is 49.0 Å². The lowest BCUT2D eigenvalue weighted by molar-refractivity contribution is -0.524. The molecule has 0 aromatic heterocycles. The molecular formula is C47H80N8O5P2. The van der Waals surface area contributed by atoms with E-state index in [1.54, 1.807) is 28.4 Å². The maximum atomic E-state index is 5.77. The number of nitrogens with one attached hydrogen (secondary N) is 1. The first kappa shape index (κ1) is 56.0. The molecule has 15 heteroatoms. The maximum absolute atomic E-state index is 5.77. The number of hydrogen-bond acceptors (Lipinski definition) is 6. The number of rotatable bonds is 14. The van der Waals surface area contributed by atoms with Gasteiger partial charge in [0, 0.05) is 14.1 Å². The minimum atomic E-state index is -2.21. The van der Waals surface area contributed by atoms with E-state index in [9.17, 15) is 0 Å². The molecule has 0 unspecified atom stereocenters. The van der Waals surface area contributed by atoms with Gasteiger partial charge in [-0.3, -0.25) is 9.42 Å². The molecule has 0 aliphatic rings. The minimum absolute atomic E-state index is 0. The van der Waals surface area contributed by atoms with Gasteiger partial charge in [-0.1, -0.05) is 43.8 Å². The molecule has 0 bridgehead atoms. The molecule has 62 heavy (non-hydrogen) atoms. The summed E-state index contributed by atoms with van der Waals surface area (Å²) in [6.45, 7) is 13.0. The fourth-order valence-corrected chi connectivity index (χ4v) is 14.5. The summed E-state index contributed by atoms with van der Waals surface area (Å²) < 4.78 is 45.0. The topological polar surface area (TPSA) is 113 Å². The van der Waals surface area contributed by atoms with Crippen LogP contribution in [0.2, 0.25) is 0 Å². The van der Waals surface area contributed by atoms with Crippen molar-refractivity contribution in [3.63, 3.8) is 0 Å². The van der Waals surface area contributed by atoms with Crippen LogP contribution in [-0.4, -0.2) is 134 Å². The first-order valence-electron chi connectivity index (χ1n) is 20.1. The van der Waals surface area contributed by atoms with Gasteiger partial charge in [0.1, 0.15) is 23.0 Å². The Kier molecular flexibility index (Phi) is 20.8. The van der Waals surface area contributed by atoms with Crippen molar-refractivity contribution in [3.05, 3.63) is 84.9 Å². The van der Waals surface area contributed by atoms with Crippen molar-refractivity contribution in [2.24, 2.45) is 4.74 Å². The van der Waals surface area contributed by atoms with E-state index in [2.05, 4.69) is 193 Å². The van der Waals surface area contributed by atoms with Crippen LogP contribution in [0.5, 0.6) is 23.0 Å². The van der Waals surface area contributed by atoms with Gasteiger partial charge in [0.25, 0.3) is 0 Å². The van der Waals surface area contributed by atoms with E-state index < -0.39 is 15.0 Å². The van der Waals surface area contributed by atoms with Crippen LogP contribution < -0.4 is 33.0 Å². The first-order chi connectivity index (χ1) is 27.9. The van der Waals surface area contributed by atoms with E-state index in [0.717, 1.165) is 56.6 Å². The molecule has 2 N–H and O–H groups in total. The van der Waals surface area contributed by atoms with Gasteiger partial charge in [0.15, 0.2) is 13.0 Å². The third-order valence-electron chi connectivity index (χ3n) is 9.83. The van der Waals surface area contributed by atoms with E-state index in [1.807, 2.05) is 36.4 Å². The lowest BCUT2D eigenvalue weighted by atomic mass is 10.0. The van der Waals surface area contributed by atoms with Gasteiger partial charge < -0.3 is 29.1 Å². The summed E-state index contributed by atoms with van der Waals surface area (Å²) in [7, 11) is 23.6. The number of ether oxygens (including phenoxy) is 4. The zero-order chi connectivity index (χ0) is 45.4. The lowest BCUT2D eigenvalue weighted by Gasteiger charge is -2.45. The van der Waals surface area contributed by atoms with Crippen LogP contribution in [0.4, 0.5) is 11.4 Å². The van der Waals surface area contributed by atoms with Crippen molar-refractivity contribution < 1.29 is 29.2 Å². The highest BCUT2D eigenvalue weighted by Crippen LogP contribution is 2.60. The van der Waals surface area contributed by atoms with Crippen LogP contribution in [0.25, 0.3) is 22.3 Å². The number of hydrogen-bond donors (Lipinski definition) is 1. The third-order valence-corrected chi connectivity index (χ3v) is 18.1. The summed E-state index contributed by atoms with van der Waals surface area (Å²) >= 11 is 0. The monoisotopic (exact) mass is 899 g/mol. The Morgan fingerprint density at radius 1 is 0.468 bits per heavy atom. The number of nitrogens with zero attached hydrogens (tertiary/aromatic N) is 7. The van der Waals surface area contributed by atoms with Crippen LogP contribution >= 0.6 is 15.0 Å². The molecule has 4 rings (SSSR count). The molecule has 13 nitrogen and oxygen atoms in total. The molecule has 0 radical (unpaired) electrons. The summed E-state index contributed by atoms with van der Waals surface area (Å²) in [6, 6.07) is 28.9. The molecule has 0 saturated carbocycles. The predicted molar refractivity (Wildman–Crippen MR) is 267 cm³/mol. The van der Waals surface area contributed by atoms with Gasteiger partial charge in [-0.25, -0.2) is 23.4 Å². The summed E-state index contributed by atoms with van der Waals surface area (Å²) in [5.74, 6) is 3.37. The van der Waals surface area contributed by atoms with E-state index in [4.69, 9.17) is 23.7 Å². The zero-order valence-electron chi connectivity index (χ0n) is 40.7. The average Bonchev–Trinajstić information content (AvgIpc) is 3.20. The van der Waals surface area contributed by atoms with Crippen molar-refractivity contribution in [2.75, 3.05) is 108 Å². The summed E-state index contributed by atoms with van der Waals surface area (Å²) in [5, 5.41) is 0. The molecule has 0 heterocycles. The number of anilines is 2. The Morgan fingerprint density at radius 2 is 0.806 bits per heavy atom. The molecule has 0 saturated heterocycles. The molecule has 4 aromatic rings. The summed E-state index contributed by atoms with van der Waals surface area (Å²) in [6.07, 6.45) is 0. The van der Waals surface area contributed by atoms with E-state index >= 15 is 0 Å². The third kappa shape index (κ3) is 13.0. The van der Waals surface area contributed by atoms with Gasteiger partial charge in [0.05, 0.1) is 45.4 Å². The van der Waals surface area contributed by atoms with Crippen molar-refractivity contribution in [1.82, 2.24) is 18.7 Å². The fourth-order valence-electron chi connectivity index (χ4n) is 7.27. The van der Waals surface area contributed by atoms with Gasteiger partial charge in [-0.15, -0.1) is 0 Å². The Balaban J connectivity index is 0.000000601. The highest BCUT2D eigenvalue weighted by molar-refractivity contribution is 7.63. The Hall–Kier alpha value is -4.06. The Labute approximate surface area is 376 Å². The van der Waals surface area contributed by atoms with Crippen LogP contribution in [-0.2, 0) is 0 Å². The number of benzene rings is 4. The molecule has 0 aliphatic carbocycles. The standard InChI is InChI=1S/2C23H37N4O2P.CH4.H2O/c2*1-23(2,3)24-30(25(4)5,26(6)7)27(8)21-17-19(13-16-22(21)29-10)18-11-14-20(28-9)15-12-18;;/h2*11-17H,1-10H3;1H4;1H2. The maximum Gasteiger partial charge on any atom is 0.335 e. The SMILES string of the molecule is C.COc1ccc(-c2ccc(OC)c(N(C)P(=NC(C)(C)C)(N(C)C)N(C)C)c2)cc1.COc1ccc(-c2ccc(OC)c(N(C)P(=[NH+]C(C)(C)C)(N(C)C)N(C)C)c2)cc1.[OH-]. The lowest BCUT2D eigenvalue weighted by Crippen LogP contribution is -2.83. The zero-order valence-corrected chi connectivity index (χ0v) is 42.5. The van der Waals surface area contributed by atoms with Gasteiger partial charge in [-0.2, -0.15) is 0 Å². The Bertz CT molecular complexity index is 1940.